The fraction of sp³-hybridized carbons (Fsp3) is 0.500. The molecule has 0 aliphatic carbocycles. The molecule has 1 saturated heterocycles. The number of nitrogens with zero attached hydrogens (tertiary/aromatic N) is 3. The third-order valence-electron chi connectivity index (χ3n) is 5.21. The van der Waals surface area contributed by atoms with Crippen molar-refractivity contribution in [2.45, 2.75) is 32.0 Å². The van der Waals surface area contributed by atoms with Gasteiger partial charge in [-0.15, -0.1) is 0 Å². The predicted molar refractivity (Wildman–Crippen MR) is 103 cm³/mol. The highest BCUT2D eigenvalue weighted by molar-refractivity contribution is 5.96. The van der Waals surface area contributed by atoms with Crippen molar-refractivity contribution in [1.82, 2.24) is 20.0 Å². The van der Waals surface area contributed by atoms with Gasteiger partial charge in [0.25, 0.3) is 5.91 Å². The number of carbonyl (C=O) groups is 1. The molecule has 1 aromatic carbocycles. The number of ether oxygens (including phenoxy) is 3. The quantitative estimate of drug-likeness (QED) is 0.814. The number of hydrogen-bond donors (Lipinski definition) is 1. The molecule has 150 valence electrons. The van der Waals surface area contributed by atoms with Gasteiger partial charge in [0.05, 0.1) is 27.0 Å². The lowest BCUT2D eigenvalue weighted by molar-refractivity contribution is 0.0931. The van der Waals surface area contributed by atoms with Crippen LogP contribution in [0.25, 0.3) is 0 Å². The number of aromatic nitrogens is 2. The SMILES string of the molecule is COc1cc(CN2CCC(NC(=O)c3cnn4c3OCCC4)C2)cc(OC)c1. The lowest BCUT2D eigenvalue weighted by Gasteiger charge is -2.18. The normalized spacial score (nSPS) is 19.0. The number of hydrogen-bond acceptors (Lipinski definition) is 6. The first kappa shape index (κ1) is 18.6. The summed E-state index contributed by atoms with van der Waals surface area (Å²) in [6, 6.07) is 6.01. The molecule has 8 heteroatoms. The minimum Gasteiger partial charge on any atom is -0.497 e. The van der Waals surface area contributed by atoms with Gasteiger partial charge in [0, 0.05) is 44.7 Å². The highest BCUT2D eigenvalue weighted by Crippen LogP contribution is 2.25. The van der Waals surface area contributed by atoms with Crippen LogP contribution in [0.3, 0.4) is 0 Å². The van der Waals surface area contributed by atoms with Crippen molar-refractivity contribution >= 4 is 5.91 Å². The molecule has 28 heavy (non-hydrogen) atoms. The Morgan fingerprint density at radius 2 is 2.04 bits per heavy atom. The number of carbonyl (C=O) groups excluding carboxylic acids is 1. The van der Waals surface area contributed by atoms with Crippen LogP contribution in [0.1, 0.15) is 28.8 Å². The second-order valence-electron chi connectivity index (χ2n) is 7.20. The van der Waals surface area contributed by atoms with Gasteiger partial charge in [-0.3, -0.25) is 9.69 Å². The highest BCUT2D eigenvalue weighted by atomic mass is 16.5. The van der Waals surface area contributed by atoms with Crippen LogP contribution in [0.4, 0.5) is 0 Å². The van der Waals surface area contributed by atoms with Gasteiger partial charge in [0.2, 0.25) is 5.88 Å². The number of nitrogens with one attached hydrogen (secondary N) is 1. The molecule has 2 aliphatic rings. The van der Waals surface area contributed by atoms with Crippen LogP contribution in [-0.2, 0) is 13.1 Å². The molecule has 1 N–H and O–H groups in total. The summed E-state index contributed by atoms with van der Waals surface area (Å²) >= 11 is 0. The Labute approximate surface area is 164 Å². The summed E-state index contributed by atoms with van der Waals surface area (Å²) in [5, 5.41) is 7.38. The number of aryl methyl sites for hydroxylation is 1. The Balaban J connectivity index is 1.36. The summed E-state index contributed by atoms with van der Waals surface area (Å²) in [5.74, 6) is 2.04. The van der Waals surface area contributed by atoms with Gasteiger partial charge < -0.3 is 19.5 Å². The van der Waals surface area contributed by atoms with E-state index in [4.69, 9.17) is 14.2 Å². The molecule has 0 bridgehead atoms. The highest BCUT2D eigenvalue weighted by Gasteiger charge is 2.27. The van der Waals surface area contributed by atoms with Crippen LogP contribution < -0.4 is 19.5 Å². The van der Waals surface area contributed by atoms with E-state index >= 15 is 0 Å². The number of amides is 1. The molecule has 0 radical (unpaired) electrons. The number of rotatable bonds is 6. The van der Waals surface area contributed by atoms with E-state index in [0.717, 1.165) is 56.1 Å². The fourth-order valence-corrected chi connectivity index (χ4v) is 3.80. The minimum absolute atomic E-state index is 0.110. The van der Waals surface area contributed by atoms with Crippen LogP contribution >= 0.6 is 0 Å². The predicted octanol–water partition coefficient (Wildman–Crippen LogP) is 1.69. The smallest absolute Gasteiger partial charge is 0.258 e. The number of methoxy groups -OCH3 is 2. The first-order valence-corrected chi connectivity index (χ1v) is 9.60. The Bertz CT molecular complexity index is 828. The van der Waals surface area contributed by atoms with Crippen LogP contribution in [0, 0.1) is 0 Å². The maximum Gasteiger partial charge on any atom is 0.258 e. The van der Waals surface area contributed by atoms with Gasteiger partial charge in [-0.05, 0) is 24.1 Å². The van der Waals surface area contributed by atoms with Crippen LogP contribution in [0.2, 0.25) is 0 Å². The van der Waals surface area contributed by atoms with E-state index in [2.05, 4.69) is 15.3 Å². The molecule has 1 atom stereocenters. The average molecular weight is 386 g/mol. The number of likely N-dealkylation sites (tertiary alicyclic amines) is 1. The van der Waals surface area contributed by atoms with Gasteiger partial charge in [-0.2, -0.15) is 5.10 Å². The molecular formula is C20H26N4O4. The van der Waals surface area contributed by atoms with Crippen molar-refractivity contribution in [2.75, 3.05) is 33.9 Å². The molecule has 2 aliphatic heterocycles. The molecule has 1 fully saturated rings. The van der Waals surface area contributed by atoms with E-state index in [0.29, 0.717) is 18.1 Å². The number of benzene rings is 1. The lowest BCUT2D eigenvalue weighted by atomic mass is 10.2. The summed E-state index contributed by atoms with van der Waals surface area (Å²) in [6.45, 7) is 3.94. The van der Waals surface area contributed by atoms with Crippen molar-refractivity contribution in [3.63, 3.8) is 0 Å². The Hall–Kier alpha value is -2.74. The van der Waals surface area contributed by atoms with Crippen molar-refractivity contribution < 1.29 is 19.0 Å². The molecule has 3 heterocycles. The third kappa shape index (κ3) is 3.91. The topological polar surface area (TPSA) is 77.9 Å². The molecule has 2 aromatic rings. The van der Waals surface area contributed by atoms with Crippen LogP contribution in [-0.4, -0.2) is 60.5 Å². The molecule has 1 aromatic heterocycles. The van der Waals surface area contributed by atoms with Gasteiger partial charge in [-0.25, -0.2) is 4.68 Å². The zero-order valence-electron chi connectivity index (χ0n) is 16.3. The molecule has 1 unspecified atom stereocenters. The van der Waals surface area contributed by atoms with Gasteiger partial charge >= 0.3 is 0 Å². The van der Waals surface area contributed by atoms with Crippen molar-refractivity contribution in [2.24, 2.45) is 0 Å². The summed E-state index contributed by atoms with van der Waals surface area (Å²) in [7, 11) is 3.30. The van der Waals surface area contributed by atoms with Crippen LogP contribution in [0.15, 0.2) is 24.4 Å². The maximum atomic E-state index is 12.7. The molecular weight excluding hydrogens is 360 g/mol. The largest absolute Gasteiger partial charge is 0.497 e. The van der Waals surface area contributed by atoms with E-state index in [9.17, 15) is 4.79 Å². The molecule has 0 spiro atoms. The summed E-state index contributed by atoms with van der Waals surface area (Å²) < 4.78 is 18.1. The summed E-state index contributed by atoms with van der Waals surface area (Å²) in [6.07, 6.45) is 3.44. The zero-order valence-corrected chi connectivity index (χ0v) is 16.3. The van der Waals surface area contributed by atoms with Crippen molar-refractivity contribution in [3.8, 4) is 17.4 Å². The Morgan fingerprint density at radius 3 is 2.79 bits per heavy atom. The second kappa shape index (κ2) is 8.10. The summed E-state index contributed by atoms with van der Waals surface area (Å²) in [4.78, 5) is 15.0. The van der Waals surface area contributed by atoms with Gasteiger partial charge in [-0.1, -0.05) is 0 Å². The van der Waals surface area contributed by atoms with Crippen molar-refractivity contribution in [3.05, 3.63) is 35.5 Å². The Morgan fingerprint density at radius 1 is 1.25 bits per heavy atom. The van der Waals surface area contributed by atoms with E-state index in [1.54, 1.807) is 25.1 Å². The van der Waals surface area contributed by atoms with Gasteiger partial charge in [0.1, 0.15) is 17.1 Å². The van der Waals surface area contributed by atoms with E-state index < -0.39 is 0 Å². The molecule has 4 rings (SSSR count). The second-order valence-corrected chi connectivity index (χ2v) is 7.20. The van der Waals surface area contributed by atoms with Crippen LogP contribution in [0.5, 0.6) is 17.4 Å². The van der Waals surface area contributed by atoms with Crippen molar-refractivity contribution in [1.29, 1.82) is 0 Å². The maximum absolute atomic E-state index is 12.7. The number of fused-ring (bicyclic) bond motifs is 1. The third-order valence-corrected chi connectivity index (χ3v) is 5.21. The zero-order chi connectivity index (χ0) is 19.5. The Kier molecular flexibility index (Phi) is 5.38. The van der Waals surface area contributed by atoms with E-state index in [-0.39, 0.29) is 11.9 Å². The standard InChI is InChI=1S/C20H26N4O4/c1-26-16-8-14(9-17(10-16)27-2)12-23-6-4-15(13-23)22-19(25)18-11-21-24-5-3-7-28-20(18)24/h8-11,15H,3-7,12-13H2,1-2H3,(H,22,25). The monoisotopic (exact) mass is 386 g/mol. The minimum atomic E-state index is -0.113. The van der Waals surface area contributed by atoms with Gasteiger partial charge in [0.15, 0.2) is 0 Å². The fourth-order valence-electron chi connectivity index (χ4n) is 3.80. The average Bonchev–Trinajstić information content (AvgIpc) is 3.34. The molecule has 8 nitrogen and oxygen atoms in total. The first-order chi connectivity index (χ1) is 13.7. The first-order valence-electron chi connectivity index (χ1n) is 9.60. The summed E-state index contributed by atoms with van der Waals surface area (Å²) in [5.41, 5.74) is 1.65. The molecule has 1 amide bonds. The molecule has 0 saturated carbocycles. The lowest BCUT2D eigenvalue weighted by Crippen LogP contribution is -2.37. The van der Waals surface area contributed by atoms with E-state index in [1.165, 1.54) is 0 Å². The van der Waals surface area contributed by atoms with E-state index in [1.807, 2.05) is 18.2 Å².